The molecule has 0 spiro atoms. The zero-order valence-corrected chi connectivity index (χ0v) is 45.3. The van der Waals surface area contributed by atoms with E-state index in [2.05, 4.69) is 144 Å². The number of methoxy groups -OCH3 is 4. The fourth-order valence-corrected chi connectivity index (χ4v) is 9.56. The van der Waals surface area contributed by atoms with Crippen LogP contribution in [0.4, 0.5) is 0 Å². The van der Waals surface area contributed by atoms with Crippen LogP contribution in [0.25, 0.3) is 40.5 Å². The van der Waals surface area contributed by atoms with Crippen molar-refractivity contribution in [1.82, 2.24) is 0 Å². The molecule has 0 aliphatic carbocycles. The standard InChI is InChI=1S/C64H65BO9S/c1-43-49(21-15-23-55(43)47-18-12-11-13-19-47)41-71-53-36-59(67-6)57(60(37-53)68-7)31-27-45-25-28-51(29-26-45)65-73-63(3,4)64(5,74-65)40-46-17-14-20-48(35-46)56-24-16-22-50(44(56)2)42-72-54-38-61(69-8)58(62(39-54)70-9)32-30-52(66)33-34-75-10/h11-39H,40-42H2,1-10H3/b31-27+,32-30+,34-33+. The van der Waals surface area contributed by atoms with Crippen molar-refractivity contribution < 1.29 is 42.5 Å². The Bertz CT molecular complexity index is 3170. The van der Waals surface area contributed by atoms with Crippen LogP contribution in [0.3, 0.4) is 0 Å². The molecule has 1 fully saturated rings. The molecule has 0 N–H and O–H groups in total. The Hall–Kier alpha value is -7.44. The van der Waals surface area contributed by atoms with Crippen molar-refractivity contribution >= 4 is 48.4 Å². The third-order valence-corrected chi connectivity index (χ3v) is 14.5. The van der Waals surface area contributed by atoms with Crippen molar-refractivity contribution in [3.05, 3.63) is 202 Å². The Morgan fingerprint density at radius 2 is 1.09 bits per heavy atom. The minimum Gasteiger partial charge on any atom is -0.496 e. The second kappa shape index (κ2) is 24.3. The van der Waals surface area contributed by atoms with E-state index in [0.29, 0.717) is 59.7 Å². The van der Waals surface area contributed by atoms with E-state index in [-0.39, 0.29) is 5.78 Å². The second-order valence-electron chi connectivity index (χ2n) is 19.1. The SMILES string of the molecule is COc1cc(OCc2cccc(-c3ccccc3)c2C)cc(OC)c1/C=C/c1ccc(B2OC(C)(C)C(C)(Cc3cccc(-c4cccc(COc5cc(OC)c(/C=C/C(=O)/C=C/SC)c(OC)c5)c4C)c3)O2)cc1. The van der Waals surface area contributed by atoms with Crippen LogP contribution in [0.2, 0.25) is 0 Å². The van der Waals surface area contributed by atoms with E-state index in [1.54, 1.807) is 39.9 Å². The molecule has 0 bridgehead atoms. The van der Waals surface area contributed by atoms with Gasteiger partial charge in [0.05, 0.1) is 50.8 Å². The molecule has 0 amide bonds. The Kier molecular flexibility index (Phi) is 17.4. The zero-order chi connectivity index (χ0) is 53.1. The third-order valence-electron chi connectivity index (χ3n) is 14.1. The van der Waals surface area contributed by atoms with Gasteiger partial charge in [-0.2, -0.15) is 0 Å². The van der Waals surface area contributed by atoms with Gasteiger partial charge in [0.15, 0.2) is 5.78 Å². The van der Waals surface area contributed by atoms with Gasteiger partial charge < -0.3 is 37.7 Å². The first kappa shape index (κ1) is 53.8. The molecule has 8 rings (SSSR count). The van der Waals surface area contributed by atoms with E-state index in [0.717, 1.165) is 50.0 Å². The lowest BCUT2D eigenvalue weighted by atomic mass is 9.78. The predicted octanol–water partition coefficient (Wildman–Crippen LogP) is 14.0. The molecule has 0 aromatic heterocycles. The number of benzene rings is 7. The van der Waals surface area contributed by atoms with Crippen molar-refractivity contribution in [2.45, 2.75) is 65.5 Å². The van der Waals surface area contributed by atoms with Gasteiger partial charge in [-0.05, 0) is 132 Å². The van der Waals surface area contributed by atoms with Crippen molar-refractivity contribution in [2.24, 2.45) is 0 Å². The summed E-state index contributed by atoms with van der Waals surface area (Å²) in [6, 6.07) is 47.3. The van der Waals surface area contributed by atoms with Crippen molar-refractivity contribution in [3.8, 4) is 56.8 Å². The van der Waals surface area contributed by atoms with Gasteiger partial charge in [-0.25, -0.2) is 0 Å². The molecular formula is C64H65BO9S. The van der Waals surface area contributed by atoms with Gasteiger partial charge in [0.1, 0.15) is 47.7 Å². The van der Waals surface area contributed by atoms with Gasteiger partial charge in [0.2, 0.25) is 0 Å². The summed E-state index contributed by atoms with van der Waals surface area (Å²) in [5.74, 6) is 3.46. The molecule has 0 radical (unpaired) electrons. The molecule has 384 valence electrons. The molecule has 1 saturated heterocycles. The molecule has 1 heterocycles. The topological polar surface area (TPSA) is 90.9 Å². The van der Waals surface area contributed by atoms with Gasteiger partial charge >= 0.3 is 7.12 Å². The maximum Gasteiger partial charge on any atom is 0.494 e. The summed E-state index contributed by atoms with van der Waals surface area (Å²) >= 11 is 1.46. The van der Waals surface area contributed by atoms with Crippen LogP contribution in [0.1, 0.15) is 65.3 Å². The average Bonchev–Trinajstić information content (AvgIpc) is 3.67. The summed E-state index contributed by atoms with van der Waals surface area (Å²) in [6.07, 6.45) is 11.3. The highest BCUT2D eigenvalue weighted by Gasteiger charge is 2.54. The maximum atomic E-state index is 12.3. The van der Waals surface area contributed by atoms with Crippen LogP contribution in [-0.4, -0.2) is 58.8 Å². The molecule has 7 aromatic carbocycles. The molecule has 9 nitrogen and oxygen atoms in total. The number of hydrogen-bond acceptors (Lipinski definition) is 10. The molecule has 1 aliphatic rings. The Morgan fingerprint density at radius 3 is 1.64 bits per heavy atom. The first-order valence-electron chi connectivity index (χ1n) is 24.9. The van der Waals surface area contributed by atoms with Gasteiger partial charge in [-0.3, -0.25) is 4.79 Å². The number of rotatable bonds is 21. The van der Waals surface area contributed by atoms with Crippen LogP contribution in [0, 0.1) is 13.8 Å². The highest BCUT2D eigenvalue weighted by Crippen LogP contribution is 2.42. The Labute approximate surface area is 447 Å². The molecule has 1 unspecified atom stereocenters. The summed E-state index contributed by atoms with van der Waals surface area (Å²) < 4.78 is 49.4. The van der Waals surface area contributed by atoms with E-state index in [1.807, 2.05) is 48.7 Å². The second-order valence-corrected chi connectivity index (χ2v) is 19.8. The number of hydrogen-bond donors (Lipinski definition) is 0. The van der Waals surface area contributed by atoms with Gasteiger partial charge in [0.25, 0.3) is 0 Å². The monoisotopic (exact) mass is 1020 g/mol. The minimum atomic E-state index is -0.637. The Balaban J connectivity index is 0.916. The van der Waals surface area contributed by atoms with Crippen LogP contribution < -0.4 is 33.9 Å². The molecule has 11 heteroatoms. The van der Waals surface area contributed by atoms with Gasteiger partial charge in [-0.1, -0.05) is 121 Å². The number of carbonyl (C=O) groups is 1. The summed E-state index contributed by atoms with van der Waals surface area (Å²) in [5.41, 5.74) is 12.3. The van der Waals surface area contributed by atoms with Gasteiger partial charge in [0, 0.05) is 30.7 Å². The minimum absolute atomic E-state index is 0.131. The van der Waals surface area contributed by atoms with Crippen LogP contribution in [-0.2, 0) is 33.7 Å². The summed E-state index contributed by atoms with van der Waals surface area (Å²) in [6.45, 7) is 11.3. The van der Waals surface area contributed by atoms with Crippen molar-refractivity contribution in [2.75, 3.05) is 34.7 Å². The molecule has 1 atom stereocenters. The number of ketones is 1. The highest BCUT2D eigenvalue weighted by molar-refractivity contribution is 8.01. The first-order chi connectivity index (χ1) is 36.3. The predicted molar refractivity (Wildman–Crippen MR) is 307 cm³/mol. The normalized spacial score (nSPS) is 15.2. The molecular weight excluding hydrogens is 956 g/mol. The molecule has 75 heavy (non-hydrogen) atoms. The van der Waals surface area contributed by atoms with Gasteiger partial charge in [-0.15, -0.1) is 11.8 Å². The van der Waals surface area contributed by atoms with E-state index in [4.69, 9.17) is 37.7 Å². The fourth-order valence-electron chi connectivity index (χ4n) is 9.29. The lowest BCUT2D eigenvalue weighted by Crippen LogP contribution is -2.46. The molecule has 0 saturated carbocycles. The van der Waals surface area contributed by atoms with Crippen LogP contribution >= 0.6 is 11.8 Å². The Morgan fingerprint density at radius 1 is 0.573 bits per heavy atom. The quantitative estimate of drug-likeness (QED) is 0.0394. The highest BCUT2D eigenvalue weighted by atomic mass is 32.2. The number of carbonyl (C=O) groups excluding carboxylic acids is 1. The maximum absolute atomic E-state index is 12.3. The zero-order valence-electron chi connectivity index (χ0n) is 44.5. The summed E-state index contributed by atoms with van der Waals surface area (Å²) in [4.78, 5) is 12.3. The van der Waals surface area contributed by atoms with E-state index < -0.39 is 18.3 Å². The summed E-state index contributed by atoms with van der Waals surface area (Å²) in [5, 5.41) is 1.74. The number of ether oxygens (including phenoxy) is 6. The number of thioether (sulfide) groups is 1. The smallest absolute Gasteiger partial charge is 0.494 e. The largest absolute Gasteiger partial charge is 0.496 e. The van der Waals surface area contributed by atoms with Crippen molar-refractivity contribution in [3.63, 3.8) is 0 Å². The van der Waals surface area contributed by atoms with Crippen LogP contribution in [0.5, 0.6) is 34.5 Å². The third kappa shape index (κ3) is 12.6. The van der Waals surface area contributed by atoms with E-state index >= 15 is 0 Å². The average molecular weight is 1020 g/mol. The number of allylic oxidation sites excluding steroid dienone is 2. The lowest BCUT2D eigenvalue weighted by molar-refractivity contribution is -0.110. The molecule has 7 aromatic rings. The lowest BCUT2D eigenvalue weighted by Gasteiger charge is -2.36. The summed E-state index contributed by atoms with van der Waals surface area (Å²) in [7, 11) is 5.93. The van der Waals surface area contributed by atoms with Crippen molar-refractivity contribution in [1.29, 1.82) is 0 Å². The fraction of sp³-hybridized carbons (Fsp3) is 0.234. The first-order valence-corrected chi connectivity index (χ1v) is 26.2. The molecule has 1 aliphatic heterocycles. The van der Waals surface area contributed by atoms with E-state index in [9.17, 15) is 4.79 Å². The van der Waals surface area contributed by atoms with Crippen LogP contribution in [0.15, 0.2) is 157 Å². The van der Waals surface area contributed by atoms with E-state index in [1.165, 1.54) is 40.6 Å².